The van der Waals surface area contributed by atoms with E-state index in [2.05, 4.69) is 29.1 Å². The monoisotopic (exact) mass is 428 g/mol. The van der Waals surface area contributed by atoms with Crippen LogP contribution in [0.4, 0.5) is 0 Å². The van der Waals surface area contributed by atoms with Gasteiger partial charge in [0, 0.05) is 18.7 Å². The van der Waals surface area contributed by atoms with Crippen LogP contribution in [0, 0.1) is 5.92 Å². The van der Waals surface area contributed by atoms with Crippen LogP contribution in [0.5, 0.6) is 0 Å². The highest BCUT2D eigenvalue weighted by Crippen LogP contribution is 2.34. The lowest BCUT2D eigenvalue weighted by atomic mass is 9.80. The first-order valence-corrected chi connectivity index (χ1v) is 12.0. The fourth-order valence-electron chi connectivity index (χ4n) is 4.26. The van der Waals surface area contributed by atoms with Crippen LogP contribution in [0.25, 0.3) is 0 Å². The topological polar surface area (TPSA) is 84.5 Å². The van der Waals surface area contributed by atoms with Crippen molar-refractivity contribution in [1.29, 1.82) is 0 Å². The van der Waals surface area contributed by atoms with Crippen LogP contribution >= 0.6 is 0 Å². The van der Waals surface area contributed by atoms with Gasteiger partial charge >= 0.3 is 0 Å². The molecule has 0 bridgehead atoms. The maximum Gasteiger partial charge on any atom is 0.251 e. The van der Waals surface area contributed by atoms with E-state index in [0.717, 1.165) is 31.2 Å². The zero-order valence-corrected chi connectivity index (χ0v) is 18.0. The minimum Gasteiger partial charge on any atom is -0.377 e. The van der Waals surface area contributed by atoms with Crippen molar-refractivity contribution in [3.63, 3.8) is 0 Å². The van der Waals surface area contributed by atoms with E-state index in [1.165, 1.54) is 17.7 Å². The molecular formula is C23H28N2O4S. The zero-order chi connectivity index (χ0) is 21.1. The molecule has 4 rings (SSSR count). The Morgan fingerprint density at radius 2 is 1.97 bits per heavy atom. The highest BCUT2D eigenvalue weighted by Gasteiger charge is 2.28. The Balaban J connectivity index is 1.49. The largest absolute Gasteiger partial charge is 0.377 e. The summed E-state index contributed by atoms with van der Waals surface area (Å²) in [5, 5.41) is 3.12. The van der Waals surface area contributed by atoms with Crippen LogP contribution in [0.15, 0.2) is 53.4 Å². The summed E-state index contributed by atoms with van der Waals surface area (Å²) < 4.78 is 33.4. The molecule has 1 heterocycles. The van der Waals surface area contributed by atoms with Crippen LogP contribution in [-0.2, 0) is 21.2 Å². The second-order valence-electron chi connectivity index (χ2n) is 8.18. The highest BCUT2D eigenvalue weighted by atomic mass is 32.2. The summed E-state index contributed by atoms with van der Waals surface area (Å²) in [6, 6.07) is 14.3. The molecule has 1 amide bonds. The fourth-order valence-corrected chi connectivity index (χ4v) is 5.37. The summed E-state index contributed by atoms with van der Waals surface area (Å²) >= 11 is 0. The summed E-state index contributed by atoms with van der Waals surface area (Å²) in [6.45, 7) is 3.05. The number of nitrogens with one attached hydrogen (secondary N) is 2. The first-order chi connectivity index (χ1) is 14.4. The van der Waals surface area contributed by atoms with Gasteiger partial charge in [0.05, 0.1) is 17.0 Å². The molecular weight excluding hydrogens is 400 g/mol. The molecule has 0 unspecified atom stereocenters. The van der Waals surface area contributed by atoms with Crippen molar-refractivity contribution in [2.75, 3.05) is 13.2 Å². The summed E-state index contributed by atoms with van der Waals surface area (Å²) in [4.78, 5) is 13.1. The number of benzene rings is 2. The standard InChI is InChI=1S/C23H28N2O4S/c1-16-11-12-17-6-2-3-10-21(17)22(16)25-23(26)18-7-4-9-20(14-18)30(27,28)24-15-19-8-5-13-29-19/h2-4,6-7,9-10,14,16,19,22,24H,5,8,11-13,15H2,1H3,(H,25,26)/t16-,19-,22-/m1/s1. The molecule has 1 fully saturated rings. The van der Waals surface area contributed by atoms with Gasteiger partial charge in [0.25, 0.3) is 5.91 Å². The van der Waals surface area contributed by atoms with Gasteiger partial charge in [-0.15, -0.1) is 0 Å². The van der Waals surface area contributed by atoms with Crippen LogP contribution in [0.2, 0.25) is 0 Å². The second-order valence-corrected chi connectivity index (χ2v) is 9.95. The van der Waals surface area contributed by atoms with Crippen LogP contribution in [0.3, 0.4) is 0 Å². The van der Waals surface area contributed by atoms with Gasteiger partial charge < -0.3 is 10.1 Å². The van der Waals surface area contributed by atoms with E-state index >= 15 is 0 Å². The first kappa shape index (κ1) is 21.0. The van der Waals surface area contributed by atoms with Gasteiger partial charge in [0.2, 0.25) is 10.0 Å². The maximum absolute atomic E-state index is 13.0. The zero-order valence-electron chi connectivity index (χ0n) is 17.1. The number of ether oxygens (including phenoxy) is 1. The molecule has 0 aromatic heterocycles. The third-order valence-electron chi connectivity index (χ3n) is 6.05. The van der Waals surface area contributed by atoms with E-state index in [0.29, 0.717) is 18.1 Å². The number of sulfonamides is 1. The van der Waals surface area contributed by atoms with Crippen LogP contribution in [-0.4, -0.2) is 33.6 Å². The number of hydrogen-bond donors (Lipinski definition) is 2. The molecule has 2 N–H and O–H groups in total. The Labute approximate surface area is 178 Å². The number of amides is 1. The number of carbonyl (C=O) groups is 1. The molecule has 1 aliphatic carbocycles. The third-order valence-corrected chi connectivity index (χ3v) is 7.47. The van der Waals surface area contributed by atoms with Gasteiger partial charge in [-0.25, -0.2) is 13.1 Å². The number of aryl methyl sites for hydroxylation is 1. The van der Waals surface area contributed by atoms with Crippen molar-refractivity contribution in [3.8, 4) is 0 Å². The summed E-state index contributed by atoms with van der Waals surface area (Å²) in [5.74, 6) is 0.0450. The quantitative estimate of drug-likeness (QED) is 0.740. The highest BCUT2D eigenvalue weighted by molar-refractivity contribution is 7.89. The molecule has 2 aromatic rings. The summed E-state index contributed by atoms with van der Waals surface area (Å²) in [6.07, 6.45) is 3.73. The van der Waals surface area contributed by atoms with Crippen molar-refractivity contribution >= 4 is 15.9 Å². The van der Waals surface area contributed by atoms with E-state index in [-0.39, 0.29) is 29.5 Å². The van der Waals surface area contributed by atoms with E-state index in [1.54, 1.807) is 12.1 Å². The Kier molecular flexibility index (Phi) is 6.22. The average molecular weight is 429 g/mol. The van der Waals surface area contributed by atoms with Gasteiger partial charge in [0.15, 0.2) is 0 Å². The first-order valence-electron chi connectivity index (χ1n) is 10.5. The smallest absolute Gasteiger partial charge is 0.251 e. The molecule has 30 heavy (non-hydrogen) atoms. The van der Waals surface area contributed by atoms with Crippen molar-refractivity contribution in [2.24, 2.45) is 5.92 Å². The number of fused-ring (bicyclic) bond motifs is 1. The molecule has 6 nitrogen and oxygen atoms in total. The molecule has 0 saturated carbocycles. The summed E-state index contributed by atoms with van der Waals surface area (Å²) in [5.41, 5.74) is 2.74. The lowest BCUT2D eigenvalue weighted by Crippen LogP contribution is -2.35. The van der Waals surface area contributed by atoms with E-state index in [1.807, 2.05) is 12.1 Å². The molecule has 1 aliphatic heterocycles. The Morgan fingerprint density at radius 3 is 2.77 bits per heavy atom. The maximum atomic E-state index is 13.0. The predicted octanol–water partition coefficient (Wildman–Crippen LogP) is 3.20. The molecule has 2 aliphatic rings. The fraction of sp³-hybridized carbons (Fsp3) is 0.435. The Morgan fingerprint density at radius 1 is 1.13 bits per heavy atom. The van der Waals surface area contributed by atoms with Gasteiger partial charge in [0.1, 0.15) is 0 Å². The lowest BCUT2D eigenvalue weighted by Gasteiger charge is -2.32. The minimum absolute atomic E-state index is 0.0830. The van der Waals surface area contributed by atoms with Crippen molar-refractivity contribution in [3.05, 3.63) is 65.2 Å². The molecule has 0 spiro atoms. The molecule has 1 saturated heterocycles. The van der Waals surface area contributed by atoms with E-state index in [9.17, 15) is 13.2 Å². The van der Waals surface area contributed by atoms with Gasteiger partial charge in [-0.1, -0.05) is 37.3 Å². The van der Waals surface area contributed by atoms with E-state index < -0.39 is 10.0 Å². The molecule has 3 atom stereocenters. The van der Waals surface area contributed by atoms with Crippen molar-refractivity contribution in [2.45, 2.75) is 49.6 Å². The molecule has 7 heteroatoms. The van der Waals surface area contributed by atoms with Gasteiger partial charge in [-0.05, 0) is 60.9 Å². The Bertz CT molecular complexity index is 1020. The molecule has 160 valence electrons. The predicted molar refractivity (Wildman–Crippen MR) is 115 cm³/mol. The Hall–Kier alpha value is -2.22. The summed E-state index contributed by atoms with van der Waals surface area (Å²) in [7, 11) is -3.71. The minimum atomic E-state index is -3.71. The second kappa shape index (κ2) is 8.88. The van der Waals surface area contributed by atoms with Gasteiger partial charge in [-0.3, -0.25) is 4.79 Å². The SMILES string of the molecule is C[C@@H]1CCc2ccccc2[C@@H]1NC(=O)c1cccc(S(=O)(=O)NC[C@H]2CCCO2)c1. The third kappa shape index (κ3) is 4.58. The van der Waals surface area contributed by atoms with Crippen LogP contribution < -0.4 is 10.0 Å². The molecule has 2 aromatic carbocycles. The van der Waals surface area contributed by atoms with Gasteiger partial charge in [-0.2, -0.15) is 0 Å². The number of rotatable bonds is 6. The normalized spacial score (nSPS) is 23.7. The van der Waals surface area contributed by atoms with Crippen LogP contribution in [0.1, 0.15) is 53.7 Å². The van der Waals surface area contributed by atoms with Crippen molar-refractivity contribution in [1.82, 2.24) is 10.0 Å². The lowest BCUT2D eigenvalue weighted by molar-refractivity contribution is 0.0919. The average Bonchev–Trinajstić information content (AvgIpc) is 3.28. The number of carbonyl (C=O) groups excluding carboxylic acids is 1. The van der Waals surface area contributed by atoms with E-state index in [4.69, 9.17) is 4.74 Å². The molecule has 0 radical (unpaired) electrons. The number of hydrogen-bond acceptors (Lipinski definition) is 4. The van der Waals surface area contributed by atoms with Crippen molar-refractivity contribution < 1.29 is 17.9 Å².